The van der Waals surface area contributed by atoms with E-state index in [4.69, 9.17) is 4.74 Å². The summed E-state index contributed by atoms with van der Waals surface area (Å²) in [6.07, 6.45) is -1.53. The van der Waals surface area contributed by atoms with Crippen LogP contribution in [0, 0.1) is 0 Å². The molecule has 3 atom stereocenters. The zero-order valence-corrected chi connectivity index (χ0v) is 19.6. The van der Waals surface area contributed by atoms with Gasteiger partial charge in [0.15, 0.2) is 0 Å². The van der Waals surface area contributed by atoms with E-state index in [1.165, 1.54) is 11.8 Å². The van der Waals surface area contributed by atoms with Crippen LogP contribution in [0.3, 0.4) is 0 Å². The Balaban J connectivity index is 1.62. The smallest absolute Gasteiger partial charge is 0.408 e. The van der Waals surface area contributed by atoms with Gasteiger partial charge in [-0.3, -0.25) is 24.5 Å². The van der Waals surface area contributed by atoms with Crippen molar-refractivity contribution in [3.8, 4) is 0 Å². The maximum absolute atomic E-state index is 12.8. The Bertz CT molecular complexity index is 1020. The molecular formula is C23H30N4O7. The predicted molar refractivity (Wildman–Crippen MR) is 119 cm³/mol. The minimum absolute atomic E-state index is 0.0952. The van der Waals surface area contributed by atoms with Crippen LogP contribution < -0.4 is 16.0 Å². The first-order valence-electron chi connectivity index (χ1n) is 11.1. The first kappa shape index (κ1) is 25.2. The minimum Gasteiger partial charge on any atom is -0.444 e. The highest BCUT2D eigenvalue weighted by Gasteiger charge is 2.39. The highest BCUT2D eigenvalue weighted by molar-refractivity contribution is 6.05. The molecule has 1 aromatic carbocycles. The summed E-state index contributed by atoms with van der Waals surface area (Å²) in [7, 11) is 0. The van der Waals surface area contributed by atoms with E-state index in [1.54, 1.807) is 39.0 Å². The lowest BCUT2D eigenvalue weighted by atomic mass is 10.0. The van der Waals surface area contributed by atoms with E-state index in [9.17, 15) is 29.1 Å². The lowest BCUT2D eigenvalue weighted by Gasteiger charge is -2.29. The number of hydrogen-bond donors (Lipinski definition) is 4. The first-order valence-corrected chi connectivity index (χ1v) is 11.1. The van der Waals surface area contributed by atoms with Crippen molar-refractivity contribution in [3.63, 3.8) is 0 Å². The monoisotopic (exact) mass is 474 g/mol. The Morgan fingerprint density at radius 3 is 2.59 bits per heavy atom. The van der Waals surface area contributed by atoms with E-state index in [2.05, 4.69) is 16.0 Å². The Kier molecular flexibility index (Phi) is 7.25. The number of rotatable bonds is 6. The molecule has 34 heavy (non-hydrogen) atoms. The van der Waals surface area contributed by atoms with E-state index in [0.717, 1.165) is 0 Å². The van der Waals surface area contributed by atoms with Crippen molar-refractivity contribution in [1.82, 2.24) is 20.9 Å². The van der Waals surface area contributed by atoms with Crippen molar-refractivity contribution in [1.29, 1.82) is 0 Å². The molecule has 0 radical (unpaired) electrons. The minimum atomic E-state index is -1.21. The fourth-order valence-corrected chi connectivity index (χ4v) is 3.88. The Hall–Kier alpha value is -3.47. The van der Waals surface area contributed by atoms with Gasteiger partial charge in [0.25, 0.3) is 5.91 Å². The summed E-state index contributed by atoms with van der Waals surface area (Å²) in [4.78, 5) is 62.4. The number of aliphatic hydroxyl groups is 1. The van der Waals surface area contributed by atoms with E-state index in [1.807, 2.05) is 0 Å². The molecule has 1 unspecified atom stereocenters. The van der Waals surface area contributed by atoms with E-state index in [0.29, 0.717) is 16.7 Å². The van der Waals surface area contributed by atoms with Gasteiger partial charge in [0, 0.05) is 25.1 Å². The molecule has 1 aromatic rings. The summed E-state index contributed by atoms with van der Waals surface area (Å²) in [5, 5.41) is 17.2. The third kappa shape index (κ3) is 5.90. The van der Waals surface area contributed by atoms with Crippen molar-refractivity contribution >= 4 is 29.7 Å². The molecule has 184 valence electrons. The average molecular weight is 475 g/mol. The van der Waals surface area contributed by atoms with Crippen molar-refractivity contribution < 1.29 is 33.8 Å². The van der Waals surface area contributed by atoms with Crippen molar-refractivity contribution in [2.24, 2.45) is 0 Å². The van der Waals surface area contributed by atoms with Crippen LogP contribution in [0.15, 0.2) is 18.2 Å². The maximum atomic E-state index is 12.8. The van der Waals surface area contributed by atoms with Crippen molar-refractivity contribution in [3.05, 3.63) is 34.9 Å². The molecule has 0 bridgehead atoms. The molecule has 0 aromatic heterocycles. The fourth-order valence-electron chi connectivity index (χ4n) is 3.88. The van der Waals surface area contributed by atoms with Crippen LogP contribution in [0.2, 0.25) is 0 Å². The number of nitrogens with zero attached hydrogens (tertiary/aromatic N) is 1. The zero-order chi connectivity index (χ0) is 25.2. The largest absolute Gasteiger partial charge is 0.444 e. The molecule has 0 aliphatic carbocycles. The SMILES string of the molecule is C[C@@H](O)[C@H](NC(=O)OC(C)(C)C)C(=O)NCc1ccc2c(c1)CN(C1CCC(=O)NC1=O)C2=O. The average Bonchev–Trinajstić information content (AvgIpc) is 3.04. The normalized spacial score (nSPS) is 19.7. The number of amides is 5. The number of imide groups is 1. The van der Waals surface area contributed by atoms with Crippen LogP contribution >= 0.6 is 0 Å². The van der Waals surface area contributed by atoms with Gasteiger partial charge >= 0.3 is 6.09 Å². The number of benzene rings is 1. The number of carbonyl (C=O) groups excluding carboxylic acids is 5. The van der Waals surface area contributed by atoms with Gasteiger partial charge in [0.1, 0.15) is 17.7 Å². The van der Waals surface area contributed by atoms with Gasteiger partial charge in [-0.25, -0.2) is 4.79 Å². The quantitative estimate of drug-likeness (QED) is 0.434. The molecule has 4 N–H and O–H groups in total. The van der Waals surface area contributed by atoms with Crippen LogP contribution in [-0.4, -0.2) is 63.5 Å². The van der Waals surface area contributed by atoms with E-state index >= 15 is 0 Å². The third-order valence-corrected chi connectivity index (χ3v) is 5.49. The summed E-state index contributed by atoms with van der Waals surface area (Å²) < 4.78 is 5.14. The zero-order valence-electron chi connectivity index (χ0n) is 19.6. The summed E-state index contributed by atoms with van der Waals surface area (Å²) in [6.45, 7) is 6.75. The van der Waals surface area contributed by atoms with Gasteiger partial charge in [-0.1, -0.05) is 12.1 Å². The molecule has 2 heterocycles. The highest BCUT2D eigenvalue weighted by Crippen LogP contribution is 2.28. The molecular weight excluding hydrogens is 444 g/mol. The molecule has 1 fully saturated rings. The molecule has 2 aliphatic heterocycles. The second-order valence-electron chi connectivity index (χ2n) is 9.47. The predicted octanol–water partition coefficient (Wildman–Crippen LogP) is 0.338. The summed E-state index contributed by atoms with van der Waals surface area (Å²) in [5.41, 5.74) is 1.12. The summed E-state index contributed by atoms with van der Waals surface area (Å²) in [5.74, 6) is -1.70. The molecule has 3 rings (SSSR count). The number of fused-ring (bicyclic) bond motifs is 1. The van der Waals surface area contributed by atoms with E-state index in [-0.39, 0.29) is 37.7 Å². The lowest BCUT2D eigenvalue weighted by Crippen LogP contribution is -2.53. The Morgan fingerprint density at radius 1 is 1.26 bits per heavy atom. The number of aliphatic hydroxyl groups excluding tert-OH is 1. The third-order valence-electron chi connectivity index (χ3n) is 5.49. The molecule has 0 saturated carbocycles. The van der Waals surface area contributed by atoms with Crippen LogP contribution in [0.5, 0.6) is 0 Å². The van der Waals surface area contributed by atoms with Gasteiger partial charge in [-0.15, -0.1) is 0 Å². The number of nitrogens with one attached hydrogen (secondary N) is 3. The van der Waals surface area contributed by atoms with Gasteiger partial charge in [-0.2, -0.15) is 0 Å². The molecule has 1 saturated heterocycles. The first-order chi connectivity index (χ1) is 15.9. The van der Waals surface area contributed by atoms with Crippen molar-refractivity contribution in [2.75, 3.05) is 0 Å². The Labute approximate surface area is 197 Å². The topological polar surface area (TPSA) is 154 Å². The molecule has 11 heteroatoms. The van der Waals surface area contributed by atoms with E-state index < -0.39 is 41.7 Å². The number of ether oxygens (including phenoxy) is 1. The van der Waals surface area contributed by atoms with Crippen LogP contribution in [0.25, 0.3) is 0 Å². The number of alkyl carbamates (subject to hydrolysis) is 1. The molecule has 0 spiro atoms. The second kappa shape index (κ2) is 9.80. The van der Waals surface area contributed by atoms with Crippen LogP contribution in [0.4, 0.5) is 4.79 Å². The van der Waals surface area contributed by atoms with Gasteiger partial charge in [0.05, 0.1) is 6.10 Å². The second-order valence-corrected chi connectivity index (χ2v) is 9.47. The standard InChI is InChI=1S/C23H30N4O7/c1-12(28)18(26-22(33)34-23(2,3)4)20(31)24-10-13-5-6-15-14(9-13)11-27(21(15)32)16-7-8-17(29)25-19(16)30/h5-6,9,12,16,18,28H,7-8,10-11H2,1-4H3,(H,24,31)(H,26,33)(H,25,29,30)/t12-,16?,18+/m1/s1. The molecule has 5 amide bonds. The fraction of sp³-hybridized carbons (Fsp3) is 0.522. The maximum Gasteiger partial charge on any atom is 0.408 e. The molecule has 2 aliphatic rings. The number of piperidine rings is 1. The highest BCUT2D eigenvalue weighted by atomic mass is 16.6. The van der Waals surface area contributed by atoms with Crippen LogP contribution in [0.1, 0.15) is 62.0 Å². The van der Waals surface area contributed by atoms with Gasteiger partial charge < -0.3 is 25.4 Å². The molecule has 11 nitrogen and oxygen atoms in total. The number of carbonyl (C=O) groups is 5. The van der Waals surface area contributed by atoms with Gasteiger partial charge in [0.2, 0.25) is 17.7 Å². The summed E-state index contributed by atoms with van der Waals surface area (Å²) in [6, 6.07) is 3.16. The lowest BCUT2D eigenvalue weighted by molar-refractivity contribution is -0.137. The summed E-state index contributed by atoms with van der Waals surface area (Å²) >= 11 is 0. The Morgan fingerprint density at radius 2 is 1.97 bits per heavy atom. The van der Waals surface area contributed by atoms with Gasteiger partial charge in [-0.05, 0) is 51.3 Å². The number of hydrogen-bond acceptors (Lipinski definition) is 7. The van der Waals surface area contributed by atoms with Crippen LogP contribution in [-0.2, 0) is 32.2 Å². The van der Waals surface area contributed by atoms with Crippen molar-refractivity contribution in [2.45, 2.75) is 77.4 Å².